The summed E-state index contributed by atoms with van der Waals surface area (Å²) in [6.07, 6.45) is 0. The van der Waals surface area contributed by atoms with Gasteiger partial charge in [-0.3, -0.25) is 0 Å². The van der Waals surface area contributed by atoms with Crippen LogP contribution in [-0.2, 0) is 9.44 Å². The Morgan fingerprint density at radius 2 is 0.923 bits per heavy atom. The van der Waals surface area contributed by atoms with Gasteiger partial charge in [-0.2, -0.15) is 0 Å². The molecule has 0 amide bonds. The average Bonchev–Trinajstić information content (AvgIpc) is 3.10. The minimum atomic E-state index is -2.72. The van der Waals surface area contributed by atoms with Gasteiger partial charge in [0.05, 0.1) is 0 Å². The van der Waals surface area contributed by atoms with Gasteiger partial charge in [-0.15, -0.1) is 0 Å². The first-order valence-corrected chi connectivity index (χ1v) is 24.1. The third-order valence-electron chi connectivity index (χ3n) is 4.30. The molecule has 0 saturated carbocycles. The molecule has 0 aliphatic heterocycles. The molecule has 6 nitrogen and oxygen atoms in total. The minimum absolute atomic E-state index is 0.587. The van der Waals surface area contributed by atoms with Crippen molar-refractivity contribution in [1.29, 1.82) is 0 Å². The Balaban J connectivity index is 2.54. The molecule has 0 spiro atoms. The van der Waals surface area contributed by atoms with E-state index in [1.54, 1.807) is 0 Å². The van der Waals surface area contributed by atoms with Gasteiger partial charge in [-0.1, -0.05) is 0 Å². The monoisotopic (exact) mass is 726 g/mol. The maximum absolute atomic E-state index is 4.93. The fraction of sp³-hybridized carbons (Fsp3) is 0.438. The SMILES string of the molecule is Cc1cc(C)n([C](n2nc(C)cc2C)(n2nc(C)cc2C)[Ti]([I])([I])[I])n1. The van der Waals surface area contributed by atoms with E-state index in [1.807, 2.05) is 20.8 Å². The molecule has 0 saturated heterocycles. The number of nitrogens with zero attached hydrogens (tertiary/aromatic N) is 6. The number of aryl methyl sites for hydroxylation is 6. The van der Waals surface area contributed by atoms with Crippen molar-refractivity contribution in [3.63, 3.8) is 0 Å². The van der Waals surface area contributed by atoms with Gasteiger partial charge in [0.2, 0.25) is 0 Å². The molecule has 3 aromatic rings. The quantitative estimate of drug-likeness (QED) is 0.282. The number of hydrogen-bond donors (Lipinski definition) is 0. The molecule has 140 valence electrons. The van der Waals surface area contributed by atoms with E-state index in [0.29, 0.717) is 0 Å². The van der Waals surface area contributed by atoms with Crippen LogP contribution in [0.3, 0.4) is 0 Å². The Morgan fingerprint density at radius 1 is 0.654 bits per heavy atom. The predicted molar refractivity (Wildman–Crippen MR) is 126 cm³/mol. The summed E-state index contributed by atoms with van der Waals surface area (Å²) in [6, 6.07) is 6.39. The summed E-state index contributed by atoms with van der Waals surface area (Å²) in [5.41, 5.74) is 6.36. The molecule has 0 N–H and O–H groups in total. The fourth-order valence-electron chi connectivity index (χ4n) is 3.46. The van der Waals surface area contributed by atoms with Crippen LogP contribution >= 0.6 is 57.6 Å². The van der Waals surface area contributed by atoms with Crippen molar-refractivity contribution in [2.45, 2.75) is 45.6 Å². The summed E-state index contributed by atoms with van der Waals surface area (Å²) in [5, 5.41) is 12.1. The molecule has 10 heteroatoms. The Kier molecular flexibility index (Phi) is 6.06. The second-order valence-electron chi connectivity index (χ2n) is 6.65. The zero-order valence-electron chi connectivity index (χ0n) is 15.5. The second-order valence-corrected chi connectivity index (χ2v) is 54.8. The normalized spacial score (nSPS) is 12.8. The van der Waals surface area contributed by atoms with Crippen molar-refractivity contribution in [2.24, 2.45) is 0 Å². The van der Waals surface area contributed by atoms with Crippen LogP contribution in [0.15, 0.2) is 18.2 Å². The Labute approximate surface area is 187 Å². The first-order valence-electron chi connectivity index (χ1n) is 8.16. The van der Waals surface area contributed by atoms with E-state index in [4.69, 9.17) is 15.3 Å². The second kappa shape index (κ2) is 7.41. The topological polar surface area (TPSA) is 53.5 Å². The van der Waals surface area contributed by atoms with Gasteiger partial charge in [0.15, 0.2) is 0 Å². The average molecular weight is 726 g/mol. The summed E-state index contributed by atoms with van der Waals surface area (Å²) in [6.45, 7) is 12.5. The molecule has 26 heavy (non-hydrogen) atoms. The molecule has 0 radical (unpaired) electrons. The summed E-state index contributed by atoms with van der Waals surface area (Å²) in [5.74, 6) is 0. The van der Waals surface area contributed by atoms with E-state index in [9.17, 15) is 0 Å². The van der Waals surface area contributed by atoms with E-state index in [0.717, 1.165) is 34.2 Å². The first kappa shape index (κ1) is 21.2. The third-order valence-corrected chi connectivity index (χ3v) is 15.4. The van der Waals surface area contributed by atoms with E-state index in [-0.39, 0.29) is 0 Å². The summed E-state index contributed by atoms with van der Waals surface area (Å²) < 4.78 is 5.85. The van der Waals surface area contributed by atoms with E-state index in [2.05, 4.69) is 111 Å². The summed E-state index contributed by atoms with van der Waals surface area (Å²) >= 11 is 7.97. The van der Waals surface area contributed by atoms with Crippen LogP contribution in [0.5, 0.6) is 0 Å². The Morgan fingerprint density at radius 3 is 1.08 bits per heavy atom. The summed E-state index contributed by atoms with van der Waals surface area (Å²) in [4.78, 5) is 0. The number of hydrogen-bond acceptors (Lipinski definition) is 3. The third kappa shape index (κ3) is 3.37. The Hall–Kier alpha value is 0.534. The molecule has 0 bridgehead atoms. The molecule has 0 unspecified atom stereocenters. The molecule has 0 aromatic carbocycles. The summed E-state index contributed by atoms with van der Waals surface area (Å²) in [7, 11) is 0. The van der Waals surface area contributed by atoms with Crippen LogP contribution in [0.25, 0.3) is 0 Å². The molecule has 0 aliphatic rings. The van der Waals surface area contributed by atoms with Crippen molar-refractivity contribution in [3.05, 3.63) is 52.4 Å². The van der Waals surface area contributed by atoms with Gasteiger partial charge in [-0.05, 0) is 0 Å². The van der Waals surface area contributed by atoms with Gasteiger partial charge in [0.1, 0.15) is 0 Å². The molecule has 3 heterocycles. The van der Waals surface area contributed by atoms with Crippen LogP contribution in [0.2, 0.25) is 0 Å². The van der Waals surface area contributed by atoms with Gasteiger partial charge in [0, 0.05) is 0 Å². The van der Waals surface area contributed by atoms with Crippen molar-refractivity contribution in [2.75, 3.05) is 0 Å². The molecular formula is C16H21I3N6Ti. The molecule has 3 rings (SSSR count). The van der Waals surface area contributed by atoms with Crippen molar-refractivity contribution < 1.29 is 5.34 Å². The van der Waals surface area contributed by atoms with Crippen molar-refractivity contribution >= 4 is 57.6 Å². The van der Waals surface area contributed by atoms with Crippen LogP contribution in [0.4, 0.5) is 0 Å². The van der Waals surface area contributed by atoms with Gasteiger partial charge < -0.3 is 0 Å². The predicted octanol–water partition coefficient (Wildman–Crippen LogP) is 4.99. The van der Waals surface area contributed by atoms with Crippen LogP contribution in [-0.4, -0.2) is 29.3 Å². The molecule has 0 fully saturated rings. The van der Waals surface area contributed by atoms with Crippen molar-refractivity contribution in [1.82, 2.24) is 29.3 Å². The van der Waals surface area contributed by atoms with Gasteiger partial charge in [0.25, 0.3) is 0 Å². The van der Waals surface area contributed by atoms with E-state index in [1.165, 1.54) is 0 Å². The molecule has 3 aromatic heterocycles. The van der Waals surface area contributed by atoms with Gasteiger partial charge in [-0.25, -0.2) is 0 Å². The van der Waals surface area contributed by atoms with Crippen LogP contribution < -0.4 is 0 Å². The molecule has 0 atom stereocenters. The first-order chi connectivity index (χ1) is 12.0. The van der Waals surface area contributed by atoms with E-state index >= 15 is 0 Å². The van der Waals surface area contributed by atoms with Crippen LogP contribution in [0.1, 0.15) is 34.2 Å². The fourth-order valence-corrected chi connectivity index (χ4v) is 14.1. The molecule has 0 aliphatic carbocycles. The molecular weight excluding hydrogens is 705 g/mol. The van der Waals surface area contributed by atoms with Crippen molar-refractivity contribution in [3.8, 4) is 0 Å². The zero-order valence-corrected chi connectivity index (χ0v) is 23.6. The number of aromatic nitrogens is 6. The Bertz CT molecular complexity index is 853. The standard InChI is InChI=1S/C16H21N6.3HI.Ti/c1-10-7-13(4)20(17-10)16(21-14(5)8-11(2)18-21)22-15(6)9-12(3)19-22;;;;/h7-9H,1-6H3;3*1H;/q;;;;+3/p-3. The van der Waals surface area contributed by atoms with Gasteiger partial charge >= 0.3 is 190 Å². The zero-order chi connectivity index (χ0) is 19.4. The van der Waals surface area contributed by atoms with E-state index < -0.39 is 9.44 Å². The maximum atomic E-state index is 4.93. The van der Waals surface area contributed by atoms with Crippen LogP contribution in [0, 0.1) is 41.5 Å². The number of halogens is 3. The number of rotatable bonds is 4.